The van der Waals surface area contributed by atoms with E-state index in [1.165, 1.54) is 0 Å². The normalized spacial score (nSPS) is 10.5. The van der Waals surface area contributed by atoms with Crippen molar-refractivity contribution in [2.24, 2.45) is 0 Å². The molecule has 0 atom stereocenters. The van der Waals surface area contributed by atoms with Crippen LogP contribution in [0.3, 0.4) is 0 Å². The second-order valence-corrected chi connectivity index (χ2v) is 6.50. The van der Waals surface area contributed by atoms with E-state index in [1.54, 1.807) is 55.6 Å². The summed E-state index contributed by atoms with van der Waals surface area (Å²) in [6, 6.07) is 16.2. The van der Waals surface area contributed by atoms with Gasteiger partial charge >= 0.3 is 5.97 Å². The average molecular weight is 414 g/mol. The summed E-state index contributed by atoms with van der Waals surface area (Å²) in [6.45, 7) is -0.0673. The highest BCUT2D eigenvalue weighted by molar-refractivity contribution is 5.67. The first kappa shape index (κ1) is 21.1. The number of benzene rings is 3. The molecule has 5 nitrogen and oxygen atoms in total. The molecule has 3 aromatic carbocycles. The molecule has 0 heterocycles. The molecule has 30 heavy (non-hydrogen) atoms. The van der Waals surface area contributed by atoms with Gasteiger partial charge in [-0.3, -0.25) is 4.79 Å². The molecule has 0 radical (unpaired) electrons. The summed E-state index contributed by atoms with van der Waals surface area (Å²) in [5, 5.41) is 8.69. The molecule has 3 aromatic rings. The van der Waals surface area contributed by atoms with Gasteiger partial charge in [0.25, 0.3) is 0 Å². The number of hydrogen-bond acceptors (Lipinski definition) is 4. The monoisotopic (exact) mass is 414 g/mol. The number of carboxylic acids is 1. The SMILES string of the molecule is COc1ccc(Oc2cccc(COc3c(F)cc(CCC(=O)O)cc3F)c2)cc1. The van der Waals surface area contributed by atoms with Crippen molar-refractivity contribution in [2.75, 3.05) is 7.11 Å². The van der Waals surface area contributed by atoms with E-state index >= 15 is 0 Å². The number of aliphatic carboxylic acids is 1. The molecule has 0 fully saturated rings. The van der Waals surface area contributed by atoms with Crippen molar-refractivity contribution in [3.8, 4) is 23.0 Å². The minimum absolute atomic E-state index is 0.0359. The van der Waals surface area contributed by atoms with E-state index in [2.05, 4.69) is 0 Å². The lowest BCUT2D eigenvalue weighted by Crippen LogP contribution is -2.03. The highest BCUT2D eigenvalue weighted by Gasteiger charge is 2.14. The fourth-order valence-corrected chi connectivity index (χ4v) is 2.78. The van der Waals surface area contributed by atoms with Crippen molar-refractivity contribution in [2.45, 2.75) is 19.4 Å². The number of halogens is 2. The van der Waals surface area contributed by atoms with Crippen LogP contribution in [0.5, 0.6) is 23.0 Å². The Morgan fingerprint density at radius 3 is 2.20 bits per heavy atom. The predicted octanol–water partition coefficient (Wildman–Crippen LogP) is 5.36. The molecule has 7 heteroatoms. The Kier molecular flexibility index (Phi) is 6.85. The Morgan fingerprint density at radius 2 is 1.57 bits per heavy atom. The zero-order chi connectivity index (χ0) is 21.5. The Balaban J connectivity index is 1.65. The number of ether oxygens (including phenoxy) is 3. The lowest BCUT2D eigenvalue weighted by molar-refractivity contribution is -0.136. The lowest BCUT2D eigenvalue weighted by Gasteiger charge is -2.11. The van der Waals surface area contributed by atoms with Gasteiger partial charge in [0.05, 0.1) is 7.11 Å². The third kappa shape index (κ3) is 5.70. The lowest BCUT2D eigenvalue weighted by atomic mass is 10.1. The van der Waals surface area contributed by atoms with Gasteiger partial charge in [-0.1, -0.05) is 12.1 Å². The summed E-state index contributed by atoms with van der Waals surface area (Å²) in [6.07, 6.45) is -0.172. The highest BCUT2D eigenvalue weighted by Crippen LogP contribution is 2.27. The van der Waals surface area contributed by atoms with Crippen molar-refractivity contribution >= 4 is 5.97 Å². The number of carboxylic acid groups (broad SMARTS) is 1. The molecular weight excluding hydrogens is 394 g/mol. The topological polar surface area (TPSA) is 65.0 Å². The average Bonchev–Trinajstić information content (AvgIpc) is 2.72. The van der Waals surface area contributed by atoms with Crippen molar-refractivity contribution in [1.82, 2.24) is 0 Å². The summed E-state index contributed by atoms with van der Waals surface area (Å²) >= 11 is 0. The van der Waals surface area contributed by atoms with E-state index in [4.69, 9.17) is 19.3 Å². The molecule has 0 saturated carbocycles. The van der Waals surface area contributed by atoms with E-state index in [-0.39, 0.29) is 25.0 Å². The third-order valence-corrected chi connectivity index (χ3v) is 4.26. The van der Waals surface area contributed by atoms with Crippen LogP contribution in [0.1, 0.15) is 17.5 Å². The van der Waals surface area contributed by atoms with Gasteiger partial charge in [-0.05, 0) is 66.1 Å². The standard InChI is InChI=1S/C23H20F2O5/c1-28-17-6-8-18(9-7-17)30-19-4-2-3-16(11-19)14-29-23-20(24)12-15(13-21(23)25)5-10-22(26)27/h2-4,6-9,11-13H,5,10,14H2,1H3,(H,26,27). The molecule has 0 aliphatic carbocycles. The number of hydrogen-bond donors (Lipinski definition) is 1. The summed E-state index contributed by atoms with van der Waals surface area (Å²) in [7, 11) is 1.58. The van der Waals surface area contributed by atoms with Crippen LogP contribution in [-0.4, -0.2) is 18.2 Å². The van der Waals surface area contributed by atoms with Crippen LogP contribution in [0.15, 0.2) is 60.7 Å². The maximum Gasteiger partial charge on any atom is 0.303 e. The number of carbonyl (C=O) groups is 1. The van der Waals surface area contributed by atoms with Crippen LogP contribution in [0.2, 0.25) is 0 Å². The smallest absolute Gasteiger partial charge is 0.303 e. The zero-order valence-electron chi connectivity index (χ0n) is 16.2. The maximum absolute atomic E-state index is 14.2. The second-order valence-electron chi connectivity index (χ2n) is 6.50. The van der Waals surface area contributed by atoms with E-state index in [1.807, 2.05) is 0 Å². The van der Waals surface area contributed by atoms with E-state index in [0.29, 0.717) is 22.8 Å². The molecule has 0 aliphatic heterocycles. The molecule has 0 unspecified atom stereocenters. The van der Waals surface area contributed by atoms with Gasteiger partial charge in [0.1, 0.15) is 23.9 Å². The van der Waals surface area contributed by atoms with Crippen molar-refractivity contribution in [3.63, 3.8) is 0 Å². The van der Waals surface area contributed by atoms with Gasteiger partial charge in [-0.25, -0.2) is 8.78 Å². The van der Waals surface area contributed by atoms with Gasteiger partial charge in [-0.15, -0.1) is 0 Å². The van der Waals surface area contributed by atoms with Crippen LogP contribution in [-0.2, 0) is 17.8 Å². The van der Waals surface area contributed by atoms with Gasteiger partial charge < -0.3 is 19.3 Å². The maximum atomic E-state index is 14.2. The van der Waals surface area contributed by atoms with Crippen LogP contribution in [0.25, 0.3) is 0 Å². The van der Waals surface area contributed by atoms with Crippen LogP contribution >= 0.6 is 0 Å². The van der Waals surface area contributed by atoms with E-state index < -0.39 is 23.4 Å². The molecule has 0 bridgehead atoms. The molecule has 0 aliphatic rings. The number of aryl methyl sites for hydroxylation is 1. The molecule has 156 valence electrons. The van der Waals surface area contributed by atoms with Gasteiger partial charge in [0.2, 0.25) is 0 Å². The first-order valence-electron chi connectivity index (χ1n) is 9.18. The zero-order valence-corrected chi connectivity index (χ0v) is 16.2. The quantitative estimate of drug-likeness (QED) is 0.511. The molecule has 0 aromatic heterocycles. The van der Waals surface area contributed by atoms with Gasteiger partial charge in [0.15, 0.2) is 17.4 Å². The number of rotatable bonds is 9. The molecule has 1 N–H and O–H groups in total. The first-order valence-corrected chi connectivity index (χ1v) is 9.18. The molecule has 0 spiro atoms. The van der Waals surface area contributed by atoms with Crippen LogP contribution in [0.4, 0.5) is 8.78 Å². The highest BCUT2D eigenvalue weighted by atomic mass is 19.1. The summed E-state index contributed by atoms with van der Waals surface area (Å²) in [5.74, 6) is -1.41. The summed E-state index contributed by atoms with van der Waals surface area (Å²) in [4.78, 5) is 10.6. The van der Waals surface area contributed by atoms with Gasteiger partial charge in [0, 0.05) is 6.42 Å². The third-order valence-electron chi connectivity index (χ3n) is 4.26. The summed E-state index contributed by atoms with van der Waals surface area (Å²) in [5.41, 5.74) is 0.921. The molecule has 3 rings (SSSR count). The Labute approximate surface area is 172 Å². The van der Waals surface area contributed by atoms with E-state index in [0.717, 1.165) is 12.1 Å². The number of methoxy groups -OCH3 is 1. The Hall–Kier alpha value is -3.61. The van der Waals surface area contributed by atoms with Crippen molar-refractivity contribution in [1.29, 1.82) is 0 Å². The fraction of sp³-hybridized carbons (Fsp3) is 0.174. The van der Waals surface area contributed by atoms with Crippen LogP contribution < -0.4 is 14.2 Å². The largest absolute Gasteiger partial charge is 0.497 e. The summed E-state index contributed by atoms with van der Waals surface area (Å²) < 4.78 is 44.6. The first-order chi connectivity index (χ1) is 14.4. The van der Waals surface area contributed by atoms with Crippen molar-refractivity contribution < 1.29 is 32.9 Å². The van der Waals surface area contributed by atoms with Crippen molar-refractivity contribution in [3.05, 3.63) is 83.4 Å². The van der Waals surface area contributed by atoms with Gasteiger partial charge in [-0.2, -0.15) is 0 Å². The second kappa shape index (κ2) is 9.73. The van der Waals surface area contributed by atoms with E-state index in [9.17, 15) is 13.6 Å². The Morgan fingerprint density at radius 1 is 0.900 bits per heavy atom. The fourth-order valence-electron chi connectivity index (χ4n) is 2.78. The predicted molar refractivity (Wildman–Crippen MR) is 106 cm³/mol. The Bertz CT molecular complexity index is 995. The molecule has 0 saturated heterocycles. The van der Waals surface area contributed by atoms with Crippen LogP contribution in [0, 0.1) is 11.6 Å². The minimum Gasteiger partial charge on any atom is -0.497 e. The minimum atomic E-state index is -1.03. The molecule has 0 amide bonds. The molecular formula is C23H20F2O5.